The lowest BCUT2D eigenvalue weighted by Crippen LogP contribution is -2.01. The number of aryl methyl sites for hydroxylation is 1. The van der Waals surface area contributed by atoms with Crippen LogP contribution in [0.3, 0.4) is 0 Å². The number of hydrogen-bond donors (Lipinski definition) is 1. The van der Waals surface area contributed by atoms with E-state index in [2.05, 4.69) is 15.3 Å². The summed E-state index contributed by atoms with van der Waals surface area (Å²) in [6, 6.07) is 5.27. The number of benzene rings is 1. The maximum atomic E-state index is 6.00. The molecule has 18 heavy (non-hydrogen) atoms. The van der Waals surface area contributed by atoms with Gasteiger partial charge in [-0.1, -0.05) is 34.8 Å². The molecule has 0 aliphatic carbocycles. The van der Waals surface area contributed by atoms with Crippen LogP contribution in [0.5, 0.6) is 0 Å². The largest absolute Gasteiger partial charge is 0.340 e. The second kappa shape index (κ2) is 5.31. The van der Waals surface area contributed by atoms with Gasteiger partial charge in [-0.15, -0.1) is 0 Å². The molecule has 0 saturated carbocycles. The molecule has 0 aliphatic rings. The Morgan fingerprint density at radius 3 is 2.39 bits per heavy atom. The van der Waals surface area contributed by atoms with Crippen LogP contribution in [0.1, 0.15) is 11.4 Å². The van der Waals surface area contributed by atoms with E-state index in [4.69, 9.17) is 34.8 Å². The van der Waals surface area contributed by atoms with Gasteiger partial charge in [0.15, 0.2) is 0 Å². The van der Waals surface area contributed by atoms with Crippen molar-refractivity contribution in [1.82, 2.24) is 9.97 Å². The first-order valence-electron chi connectivity index (χ1n) is 5.20. The highest BCUT2D eigenvalue weighted by Gasteiger charge is 2.08. The minimum atomic E-state index is 0.435. The van der Waals surface area contributed by atoms with Gasteiger partial charge in [-0.25, -0.2) is 9.97 Å². The van der Waals surface area contributed by atoms with E-state index in [1.807, 2.05) is 13.0 Å². The van der Waals surface area contributed by atoms with E-state index in [1.54, 1.807) is 19.1 Å². The minimum Gasteiger partial charge on any atom is -0.340 e. The van der Waals surface area contributed by atoms with Crippen molar-refractivity contribution in [3.8, 4) is 0 Å². The van der Waals surface area contributed by atoms with Gasteiger partial charge in [0.2, 0.25) is 0 Å². The Balaban J connectivity index is 2.36. The number of rotatable bonds is 2. The summed E-state index contributed by atoms with van der Waals surface area (Å²) in [5.41, 5.74) is 1.58. The lowest BCUT2D eigenvalue weighted by molar-refractivity contribution is 1.04. The highest BCUT2D eigenvalue weighted by molar-refractivity contribution is 6.42. The average molecular weight is 303 g/mol. The van der Waals surface area contributed by atoms with E-state index in [9.17, 15) is 0 Å². The van der Waals surface area contributed by atoms with Crippen LogP contribution in [0.4, 0.5) is 11.5 Å². The van der Waals surface area contributed by atoms with Gasteiger partial charge in [0, 0.05) is 11.3 Å². The number of halogens is 3. The molecule has 0 radical (unpaired) electrons. The zero-order valence-corrected chi connectivity index (χ0v) is 12.0. The highest BCUT2D eigenvalue weighted by Crippen LogP contribution is 2.28. The van der Waals surface area contributed by atoms with Gasteiger partial charge in [0.25, 0.3) is 0 Å². The van der Waals surface area contributed by atoms with Gasteiger partial charge < -0.3 is 5.32 Å². The average Bonchev–Trinajstić information content (AvgIpc) is 2.30. The van der Waals surface area contributed by atoms with Crippen LogP contribution in [0.25, 0.3) is 0 Å². The Bertz CT molecular complexity index is 599. The lowest BCUT2D eigenvalue weighted by Gasteiger charge is -2.10. The van der Waals surface area contributed by atoms with Crippen LogP contribution in [-0.2, 0) is 0 Å². The van der Waals surface area contributed by atoms with Gasteiger partial charge in [0.05, 0.1) is 10.0 Å². The molecular formula is C12H10Cl3N3. The number of aromatic nitrogens is 2. The van der Waals surface area contributed by atoms with Crippen molar-refractivity contribution in [1.29, 1.82) is 0 Å². The second-order valence-corrected chi connectivity index (χ2v) is 4.96. The maximum Gasteiger partial charge on any atom is 0.138 e. The molecular weight excluding hydrogens is 293 g/mol. The Morgan fingerprint density at radius 1 is 1.00 bits per heavy atom. The molecule has 1 N–H and O–H groups in total. The van der Waals surface area contributed by atoms with Crippen molar-refractivity contribution in [2.45, 2.75) is 13.8 Å². The zero-order valence-electron chi connectivity index (χ0n) is 9.76. The van der Waals surface area contributed by atoms with E-state index < -0.39 is 0 Å². The fourth-order valence-electron chi connectivity index (χ4n) is 1.43. The van der Waals surface area contributed by atoms with Crippen molar-refractivity contribution in [3.63, 3.8) is 0 Å². The Kier molecular flexibility index (Phi) is 3.95. The molecule has 0 atom stereocenters. The monoisotopic (exact) mass is 301 g/mol. The van der Waals surface area contributed by atoms with Crippen LogP contribution in [0.2, 0.25) is 15.2 Å². The minimum absolute atomic E-state index is 0.435. The molecule has 3 nitrogen and oxygen atoms in total. The fourth-order valence-corrected chi connectivity index (χ4v) is 1.94. The Morgan fingerprint density at radius 2 is 1.72 bits per heavy atom. The van der Waals surface area contributed by atoms with Crippen LogP contribution in [0.15, 0.2) is 18.2 Å². The normalized spacial score (nSPS) is 10.5. The molecule has 1 heterocycles. The van der Waals surface area contributed by atoms with Gasteiger partial charge in [0.1, 0.15) is 16.8 Å². The van der Waals surface area contributed by atoms with Gasteiger partial charge >= 0.3 is 0 Å². The number of anilines is 2. The van der Waals surface area contributed by atoms with Crippen LogP contribution in [0, 0.1) is 13.8 Å². The molecule has 0 aliphatic heterocycles. The first-order valence-corrected chi connectivity index (χ1v) is 6.33. The predicted molar refractivity (Wildman–Crippen MR) is 76.3 cm³/mol. The van der Waals surface area contributed by atoms with E-state index in [0.29, 0.717) is 26.8 Å². The number of nitrogens with zero attached hydrogens (tertiary/aromatic N) is 2. The third-order valence-corrected chi connectivity index (χ3v) is 3.49. The zero-order chi connectivity index (χ0) is 13.3. The molecule has 1 aromatic heterocycles. The molecule has 0 spiro atoms. The van der Waals surface area contributed by atoms with Gasteiger partial charge in [-0.05, 0) is 32.0 Å². The standard InChI is InChI=1S/C12H10Cl3N3/c1-6-11(15)16-7(2)17-12(6)18-8-3-4-9(13)10(14)5-8/h3-5H,1-2H3,(H,16,17,18). The summed E-state index contributed by atoms with van der Waals surface area (Å²) in [5.74, 6) is 1.26. The third kappa shape index (κ3) is 2.86. The summed E-state index contributed by atoms with van der Waals surface area (Å²) in [6.07, 6.45) is 0. The van der Waals surface area contributed by atoms with E-state index in [-0.39, 0.29) is 0 Å². The maximum absolute atomic E-state index is 6.00. The molecule has 1 aromatic carbocycles. The first-order chi connectivity index (χ1) is 8.47. The van der Waals surface area contributed by atoms with Crippen LogP contribution < -0.4 is 5.32 Å². The van der Waals surface area contributed by atoms with E-state index >= 15 is 0 Å². The van der Waals surface area contributed by atoms with Crippen molar-refractivity contribution < 1.29 is 0 Å². The van der Waals surface area contributed by atoms with Crippen molar-refractivity contribution in [2.24, 2.45) is 0 Å². The fraction of sp³-hybridized carbons (Fsp3) is 0.167. The smallest absolute Gasteiger partial charge is 0.138 e. The first kappa shape index (κ1) is 13.4. The molecule has 2 rings (SSSR count). The molecule has 0 unspecified atom stereocenters. The van der Waals surface area contributed by atoms with E-state index in [0.717, 1.165) is 11.3 Å². The summed E-state index contributed by atoms with van der Waals surface area (Å²) in [5, 5.41) is 4.57. The molecule has 6 heteroatoms. The molecule has 0 saturated heterocycles. The van der Waals surface area contributed by atoms with E-state index in [1.165, 1.54) is 0 Å². The molecule has 2 aromatic rings. The SMILES string of the molecule is Cc1nc(Cl)c(C)c(Nc2ccc(Cl)c(Cl)c2)n1. The summed E-state index contributed by atoms with van der Waals surface area (Å²) >= 11 is 17.8. The van der Waals surface area contributed by atoms with Gasteiger partial charge in [-0.2, -0.15) is 0 Å². The lowest BCUT2D eigenvalue weighted by atomic mass is 10.3. The predicted octanol–water partition coefficient (Wildman–Crippen LogP) is 4.80. The Hall–Kier alpha value is -1.03. The summed E-state index contributed by atoms with van der Waals surface area (Å²) in [6.45, 7) is 3.63. The number of hydrogen-bond acceptors (Lipinski definition) is 3. The summed E-state index contributed by atoms with van der Waals surface area (Å²) < 4.78 is 0. The summed E-state index contributed by atoms with van der Waals surface area (Å²) in [7, 11) is 0. The van der Waals surface area contributed by atoms with Crippen molar-refractivity contribution in [3.05, 3.63) is 44.8 Å². The third-order valence-electron chi connectivity index (χ3n) is 2.38. The van der Waals surface area contributed by atoms with Gasteiger partial charge in [-0.3, -0.25) is 0 Å². The van der Waals surface area contributed by atoms with Crippen molar-refractivity contribution >= 4 is 46.3 Å². The van der Waals surface area contributed by atoms with Crippen molar-refractivity contribution in [2.75, 3.05) is 5.32 Å². The molecule has 94 valence electrons. The molecule has 0 fully saturated rings. The van der Waals surface area contributed by atoms with Crippen LogP contribution in [-0.4, -0.2) is 9.97 Å². The molecule has 0 bridgehead atoms. The quantitative estimate of drug-likeness (QED) is 0.810. The topological polar surface area (TPSA) is 37.8 Å². The summed E-state index contributed by atoms with van der Waals surface area (Å²) in [4.78, 5) is 8.37. The Labute approximate surface area is 120 Å². The molecule has 0 amide bonds. The number of nitrogens with one attached hydrogen (secondary N) is 1. The van der Waals surface area contributed by atoms with Crippen LogP contribution >= 0.6 is 34.8 Å². The highest BCUT2D eigenvalue weighted by atomic mass is 35.5. The second-order valence-electron chi connectivity index (χ2n) is 3.79.